The molecule has 0 atom stereocenters. The standard InChI is InChI=1S/C18H18N4O4S3/c1-10-11(2)28-18-15(10)17(19-9-20-18)27-8-14(23)21-22-16(24)12-4-6-13(7-5-12)29(3,25)26/h4-7,9H,8H2,1-3H3,(H,21,23)(H,22,24). The lowest BCUT2D eigenvalue weighted by molar-refractivity contribution is -0.119. The van der Waals surface area contributed by atoms with Gasteiger partial charge in [-0.1, -0.05) is 11.8 Å². The molecule has 2 aromatic heterocycles. The molecule has 0 bridgehead atoms. The number of nitrogens with one attached hydrogen (secondary N) is 2. The number of rotatable bonds is 5. The van der Waals surface area contributed by atoms with Crippen molar-refractivity contribution in [1.82, 2.24) is 20.8 Å². The second-order valence-electron chi connectivity index (χ2n) is 6.23. The highest BCUT2D eigenvalue weighted by molar-refractivity contribution is 8.00. The van der Waals surface area contributed by atoms with E-state index in [9.17, 15) is 18.0 Å². The van der Waals surface area contributed by atoms with Crippen LogP contribution in [0.3, 0.4) is 0 Å². The van der Waals surface area contributed by atoms with E-state index in [1.54, 1.807) is 11.3 Å². The lowest BCUT2D eigenvalue weighted by atomic mass is 10.2. The lowest BCUT2D eigenvalue weighted by Gasteiger charge is -2.08. The third-order valence-electron chi connectivity index (χ3n) is 4.13. The van der Waals surface area contributed by atoms with Crippen molar-refractivity contribution in [3.8, 4) is 0 Å². The number of carbonyl (C=O) groups excluding carboxylic acids is 2. The third kappa shape index (κ3) is 4.92. The SMILES string of the molecule is Cc1sc2ncnc(SCC(=O)NNC(=O)c3ccc(S(C)(=O)=O)cc3)c2c1C. The molecule has 2 amide bonds. The summed E-state index contributed by atoms with van der Waals surface area (Å²) in [6.07, 6.45) is 2.56. The second-order valence-corrected chi connectivity index (χ2v) is 10.4. The molecule has 0 spiro atoms. The molecule has 152 valence electrons. The fraction of sp³-hybridized carbons (Fsp3) is 0.222. The zero-order valence-corrected chi connectivity index (χ0v) is 18.3. The number of nitrogens with zero attached hydrogens (tertiary/aromatic N) is 2. The van der Waals surface area contributed by atoms with Crippen molar-refractivity contribution in [2.45, 2.75) is 23.8 Å². The molecule has 2 N–H and O–H groups in total. The largest absolute Gasteiger partial charge is 0.272 e. The Hall–Kier alpha value is -2.50. The van der Waals surface area contributed by atoms with Gasteiger partial charge in [0.2, 0.25) is 5.91 Å². The third-order valence-corrected chi connectivity index (χ3v) is 7.36. The van der Waals surface area contributed by atoms with Crippen LogP contribution >= 0.6 is 23.1 Å². The van der Waals surface area contributed by atoms with Gasteiger partial charge in [0.15, 0.2) is 9.84 Å². The second kappa shape index (κ2) is 8.47. The highest BCUT2D eigenvalue weighted by atomic mass is 32.2. The van der Waals surface area contributed by atoms with Crippen LogP contribution in [-0.2, 0) is 14.6 Å². The normalized spacial score (nSPS) is 11.4. The number of fused-ring (bicyclic) bond motifs is 1. The Morgan fingerprint density at radius 2 is 1.79 bits per heavy atom. The number of aryl methyl sites for hydroxylation is 2. The lowest BCUT2D eigenvalue weighted by Crippen LogP contribution is -2.42. The van der Waals surface area contributed by atoms with Gasteiger partial charge in [0.25, 0.3) is 5.91 Å². The summed E-state index contributed by atoms with van der Waals surface area (Å²) in [6, 6.07) is 5.44. The predicted octanol–water partition coefficient (Wildman–Crippen LogP) is 2.26. The Labute approximate surface area is 176 Å². The molecule has 3 rings (SSSR count). The zero-order valence-electron chi connectivity index (χ0n) is 15.8. The molecular weight excluding hydrogens is 432 g/mol. The number of aromatic nitrogens is 2. The summed E-state index contributed by atoms with van der Waals surface area (Å²) in [6.45, 7) is 4.01. The van der Waals surface area contributed by atoms with Gasteiger partial charge in [-0.3, -0.25) is 20.4 Å². The van der Waals surface area contributed by atoms with Gasteiger partial charge in [0, 0.05) is 22.1 Å². The molecule has 3 aromatic rings. The van der Waals surface area contributed by atoms with Gasteiger partial charge in [0.05, 0.1) is 10.6 Å². The molecular formula is C18H18N4O4S3. The van der Waals surface area contributed by atoms with Crippen molar-refractivity contribution in [3.63, 3.8) is 0 Å². The van der Waals surface area contributed by atoms with E-state index in [-0.39, 0.29) is 16.2 Å². The number of hydrogen-bond donors (Lipinski definition) is 2. The van der Waals surface area contributed by atoms with E-state index < -0.39 is 21.7 Å². The highest BCUT2D eigenvalue weighted by Gasteiger charge is 2.14. The first-order chi connectivity index (χ1) is 13.7. The summed E-state index contributed by atoms with van der Waals surface area (Å²) >= 11 is 2.84. The maximum absolute atomic E-state index is 12.1. The molecule has 0 radical (unpaired) electrons. The summed E-state index contributed by atoms with van der Waals surface area (Å²) in [5.41, 5.74) is 5.98. The quantitative estimate of drug-likeness (QED) is 0.348. The van der Waals surface area contributed by atoms with Gasteiger partial charge >= 0.3 is 0 Å². The van der Waals surface area contributed by atoms with Gasteiger partial charge in [-0.25, -0.2) is 18.4 Å². The highest BCUT2D eigenvalue weighted by Crippen LogP contribution is 2.34. The van der Waals surface area contributed by atoms with E-state index in [4.69, 9.17) is 0 Å². The Balaban J connectivity index is 1.57. The predicted molar refractivity (Wildman–Crippen MR) is 113 cm³/mol. The van der Waals surface area contributed by atoms with Crippen LogP contribution in [0.25, 0.3) is 10.2 Å². The molecule has 11 heteroatoms. The molecule has 8 nitrogen and oxygen atoms in total. The Morgan fingerprint density at radius 3 is 2.45 bits per heavy atom. The van der Waals surface area contributed by atoms with Crippen molar-refractivity contribution >= 4 is 55.0 Å². The van der Waals surface area contributed by atoms with E-state index in [1.165, 1.54) is 42.4 Å². The summed E-state index contributed by atoms with van der Waals surface area (Å²) in [5, 5.41) is 1.66. The van der Waals surface area contributed by atoms with Crippen molar-refractivity contribution < 1.29 is 18.0 Å². The minimum atomic E-state index is -3.34. The van der Waals surface area contributed by atoms with Gasteiger partial charge in [0.1, 0.15) is 16.2 Å². The van der Waals surface area contributed by atoms with Crippen LogP contribution in [0.1, 0.15) is 20.8 Å². The van der Waals surface area contributed by atoms with E-state index >= 15 is 0 Å². The molecule has 0 aliphatic carbocycles. The number of benzene rings is 1. The number of thioether (sulfide) groups is 1. The van der Waals surface area contributed by atoms with Crippen molar-refractivity contribution in [3.05, 3.63) is 46.6 Å². The van der Waals surface area contributed by atoms with Crippen LogP contribution in [-0.4, -0.2) is 42.2 Å². The van der Waals surface area contributed by atoms with Crippen LogP contribution < -0.4 is 10.9 Å². The summed E-state index contributed by atoms with van der Waals surface area (Å²) in [7, 11) is -3.34. The van der Waals surface area contributed by atoms with Crippen LogP contribution in [0.5, 0.6) is 0 Å². The summed E-state index contributed by atoms with van der Waals surface area (Å²) in [4.78, 5) is 34.9. The summed E-state index contributed by atoms with van der Waals surface area (Å²) in [5.74, 6) is -0.877. The van der Waals surface area contributed by atoms with E-state index in [0.717, 1.165) is 31.9 Å². The molecule has 1 aromatic carbocycles. The van der Waals surface area contributed by atoms with Crippen LogP contribution in [0.15, 0.2) is 40.5 Å². The number of hydrogen-bond acceptors (Lipinski definition) is 8. The van der Waals surface area contributed by atoms with E-state index in [1.807, 2.05) is 13.8 Å². The fourth-order valence-corrected chi connectivity index (χ4v) is 5.03. The van der Waals surface area contributed by atoms with Crippen molar-refractivity contribution in [2.24, 2.45) is 0 Å². The first-order valence-corrected chi connectivity index (χ1v) is 12.1. The molecule has 0 saturated heterocycles. The zero-order chi connectivity index (χ0) is 21.2. The number of sulfone groups is 1. The minimum absolute atomic E-state index is 0.0632. The fourth-order valence-electron chi connectivity index (χ4n) is 2.48. The molecule has 2 heterocycles. The smallest absolute Gasteiger partial charge is 0.269 e. The van der Waals surface area contributed by atoms with Gasteiger partial charge in [-0.2, -0.15) is 0 Å². The first-order valence-electron chi connectivity index (χ1n) is 8.39. The average molecular weight is 451 g/mol. The Kier molecular flexibility index (Phi) is 6.20. The number of carbonyl (C=O) groups is 2. The monoisotopic (exact) mass is 450 g/mol. The van der Waals surface area contributed by atoms with Crippen molar-refractivity contribution in [2.75, 3.05) is 12.0 Å². The molecule has 0 aliphatic rings. The van der Waals surface area contributed by atoms with Crippen LogP contribution in [0.2, 0.25) is 0 Å². The maximum Gasteiger partial charge on any atom is 0.269 e. The minimum Gasteiger partial charge on any atom is -0.272 e. The first kappa shape index (κ1) is 21.2. The Morgan fingerprint density at radius 1 is 1.10 bits per heavy atom. The molecule has 29 heavy (non-hydrogen) atoms. The van der Waals surface area contributed by atoms with Crippen molar-refractivity contribution in [1.29, 1.82) is 0 Å². The number of thiophene rings is 1. The molecule has 0 aliphatic heterocycles. The van der Waals surface area contributed by atoms with Crippen LogP contribution in [0.4, 0.5) is 0 Å². The van der Waals surface area contributed by atoms with E-state index in [0.29, 0.717) is 0 Å². The maximum atomic E-state index is 12.1. The van der Waals surface area contributed by atoms with Gasteiger partial charge in [-0.05, 0) is 43.7 Å². The number of hydrazine groups is 1. The molecule has 0 unspecified atom stereocenters. The molecule has 0 fully saturated rings. The summed E-state index contributed by atoms with van der Waals surface area (Å²) < 4.78 is 22.9. The Bertz CT molecular complexity index is 1190. The average Bonchev–Trinajstić information content (AvgIpc) is 2.98. The van der Waals surface area contributed by atoms with E-state index in [2.05, 4.69) is 20.8 Å². The number of amides is 2. The molecule has 0 saturated carbocycles. The van der Waals surface area contributed by atoms with Crippen LogP contribution in [0, 0.1) is 13.8 Å². The topological polar surface area (TPSA) is 118 Å². The van der Waals surface area contributed by atoms with Gasteiger partial charge in [-0.15, -0.1) is 11.3 Å². The van der Waals surface area contributed by atoms with Gasteiger partial charge < -0.3 is 0 Å².